The van der Waals surface area contributed by atoms with Crippen LogP contribution in [0.4, 0.5) is 4.39 Å². The fraction of sp³-hybridized carbons (Fsp3) is 0.467. The van der Waals surface area contributed by atoms with E-state index in [-0.39, 0.29) is 5.82 Å². The average Bonchev–Trinajstić information content (AvgIpc) is 2.75. The Hall–Kier alpha value is -1.75. The second kappa shape index (κ2) is 6.13. The van der Waals surface area contributed by atoms with Crippen molar-refractivity contribution in [3.05, 3.63) is 35.5 Å². The molecule has 2 aromatic rings. The maximum atomic E-state index is 13.1. The molecule has 0 fully saturated rings. The number of hydrogen-bond acceptors (Lipinski definition) is 4. The molecule has 5 heteroatoms. The fourth-order valence-electron chi connectivity index (χ4n) is 2.15. The molecule has 0 aliphatic carbocycles. The van der Waals surface area contributed by atoms with E-state index in [1.165, 1.54) is 12.1 Å². The van der Waals surface area contributed by atoms with Crippen molar-refractivity contribution < 1.29 is 14.0 Å². The molecule has 1 aromatic carbocycles. The Bertz CT molecular complexity index is 581. The number of halogens is 1. The Morgan fingerprint density at radius 2 is 2.10 bits per heavy atom. The molecule has 0 aliphatic heterocycles. The van der Waals surface area contributed by atoms with Gasteiger partial charge in [-0.05, 0) is 43.0 Å². The largest absolute Gasteiger partial charge is 0.393 e. The van der Waals surface area contributed by atoms with Crippen LogP contribution in [0.2, 0.25) is 0 Å². The molecule has 0 bridgehead atoms. The van der Waals surface area contributed by atoms with Crippen LogP contribution in [0.1, 0.15) is 31.7 Å². The first-order valence-electron chi connectivity index (χ1n) is 6.73. The number of aliphatic hydroxyl groups is 1. The van der Waals surface area contributed by atoms with Crippen molar-refractivity contribution in [2.75, 3.05) is 0 Å². The second-order valence-electron chi connectivity index (χ2n) is 5.46. The number of benzene rings is 1. The van der Waals surface area contributed by atoms with E-state index < -0.39 is 6.10 Å². The van der Waals surface area contributed by atoms with E-state index >= 15 is 0 Å². The van der Waals surface area contributed by atoms with Crippen molar-refractivity contribution in [2.24, 2.45) is 5.92 Å². The molecule has 0 aliphatic rings. The van der Waals surface area contributed by atoms with Crippen molar-refractivity contribution in [1.82, 2.24) is 10.1 Å². The fourth-order valence-corrected chi connectivity index (χ4v) is 2.15. The highest BCUT2D eigenvalue weighted by molar-refractivity contribution is 5.59. The Morgan fingerprint density at radius 1 is 1.35 bits per heavy atom. The number of rotatable bonds is 5. The van der Waals surface area contributed by atoms with Crippen LogP contribution < -0.4 is 0 Å². The van der Waals surface area contributed by atoms with Crippen LogP contribution in [0.3, 0.4) is 0 Å². The highest BCUT2D eigenvalue weighted by Crippen LogP contribution is 2.21. The van der Waals surface area contributed by atoms with Crippen LogP contribution in [0.25, 0.3) is 11.4 Å². The Kier molecular flexibility index (Phi) is 4.49. The minimum absolute atomic E-state index is 0.290. The van der Waals surface area contributed by atoms with Crippen molar-refractivity contribution in [1.29, 1.82) is 0 Å². The number of aromatic nitrogens is 2. The number of aryl methyl sites for hydroxylation is 1. The normalized spacial score (nSPS) is 12.9. The molecule has 1 atom stereocenters. The summed E-state index contributed by atoms with van der Waals surface area (Å²) in [5.41, 5.74) is 1.49. The standard InChI is InChI=1S/C15H19FN2O2/c1-9(2)6-12(19)8-14-17-15(18-20-14)13-5-4-11(16)7-10(13)3/h4-5,7,9,12,19H,6,8H2,1-3H3. The monoisotopic (exact) mass is 278 g/mol. The first-order chi connectivity index (χ1) is 9.45. The van der Waals surface area contributed by atoms with Gasteiger partial charge in [0.15, 0.2) is 0 Å². The minimum atomic E-state index is -0.488. The lowest BCUT2D eigenvalue weighted by atomic mass is 10.0. The number of hydrogen-bond donors (Lipinski definition) is 1. The van der Waals surface area contributed by atoms with Crippen molar-refractivity contribution in [3.8, 4) is 11.4 Å². The third-order valence-electron chi connectivity index (χ3n) is 3.05. The van der Waals surface area contributed by atoms with Crippen LogP contribution in [-0.2, 0) is 6.42 Å². The van der Waals surface area contributed by atoms with Gasteiger partial charge in [0.2, 0.25) is 11.7 Å². The van der Waals surface area contributed by atoms with Crippen LogP contribution in [-0.4, -0.2) is 21.4 Å². The topological polar surface area (TPSA) is 59.2 Å². The van der Waals surface area contributed by atoms with E-state index in [2.05, 4.69) is 10.1 Å². The van der Waals surface area contributed by atoms with Crippen LogP contribution in [0, 0.1) is 18.7 Å². The maximum absolute atomic E-state index is 13.1. The van der Waals surface area contributed by atoms with Gasteiger partial charge in [0, 0.05) is 5.56 Å². The molecule has 1 heterocycles. The molecule has 108 valence electrons. The highest BCUT2D eigenvalue weighted by atomic mass is 19.1. The smallest absolute Gasteiger partial charge is 0.229 e. The van der Waals surface area contributed by atoms with Gasteiger partial charge in [-0.15, -0.1) is 0 Å². The predicted molar refractivity (Wildman–Crippen MR) is 73.6 cm³/mol. The minimum Gasteiger partial charge on any atom is -0.393 e. The second-order valence-corrected chi connectivity index (χ2v) is 5.46. The van der Waals surface area contributed by atoms with Gasteiger partial charge in [-0.25, -0.2) is 4.39 Å². The number of aliphatic hydroxyl groups excluding tert-OH is 1. The summed E-state index contributed by atoms with van der Waals surface area (Å²) in [5.74, 6) is 0.945. The SMILES string of the molecule is Cc1cc(F)ccc1-c1noc(CC(O)CC(C)C)n1. The lowest BCUT2D eigenvalue weighted by molar-refractivity contribution is 0.138. The molecule has 0 radical (unpaired) electrons. The summed E-state index contributed by atoms with van der Waals surface area (Å²) in [7, 11) is 0. The predicted octanol–water partition coefficient (Wildman–Crippen LogP) is 3.13. The van der Waals surface area contributed by atoms with Gasteiger partial charge in [-0.1, -0.05) is 19.0 Å². The summed E-state index contributed by atoms with van der Waals surface area (Å²) in [6, 6.07) is 4.43. The van der Waals surface area contributed by atoms with Gasteiger partial charge in [0.1, 0.15) is 5.82 Å². The zero-order valence-corrected chi connectivity index (χ0v) is 11.9. The molecule has 4 nitrogen and oxygen atoms in total. The molecule has 1 N–H and O–H groups in total. The summed E-state index contributed by atoms with van der Waals surface area (Å²) in [6.45, 7) is 5.89. The summed E-state index contributed by atoms with van der Waals surface area (Å²) in [6.07, 6.45) is 0.538. The Labute approximate surface area is 117 Å². The summed E-state index contributed by atoms with van der Waals surface area (Å²) in [5, 5.41) is 13.8. The molecule has 1 aromatic heterocycles. The van der Waals surface area contributed by atoms with Crippen molar-refractivity contribution in [2.45, 2.75) is 39.7 Å². The summed E-state index contributed by atoms with van der Waals surface area (Å²) in [4.78, 5) is 4.26. The van der Waals surface area contributed by atoms with E-state index in [9.17, 15) is 9.50 Å². The van der Waals surface area contributed by atoms with Crippen molar-refractivity contribution in [3.63, 3.8) is 0 Å². The van der Waals surface area contributed by atoms with E-state index in [1.54, 1.807) is 13.0 Å². The maximum Gasteiger partial charge on any atom is 0.229 e. The quantitative estimate of drug-likeness (QED) is 0.912. The molecular formula is C15H19FN2O2. The van der Waals surface area contributed by atoms with Gasteiger partial charge in [-0.3, -0.25) is 0 Å². The first-order valence-corrected chi connectivity index (χ1v) is 6.73. The van der Waals surface area contributed by atoms with Gasteiger partial charge in [0.05, 0.1) is 12.5 Å². The van der Waals surface area contributed by atoms with Crippen molar-refractivity contribution >= 4 is 0 Å². The lowest BCUT2D eigenvalue weighted by Crippen LogP contribution is -2.13. The zero-order chi connectivity index (χ0) is 14.7. The van der Waals surface area contributed by atoms with Crippen LogP contribution in [0.15, 0.2) is 22.7 Å². The molecule has 2 rings (SSSR count). The van der Waals surface area contributed by atoms with Crippen LogP contribution in [0.5, 0.6) is 0 Å². The molecule has 0 amide bonds. The van der Waals surface area contributed by atoms with Gasteiger partial charge < -0.3 is 9.63 Å². The lowest BCUT2D eigenvalue weighted by Gasteiger charge is -2.09. The van der Waals surface area contributed by atoms with E-state index in [0.717, 1.165) is 11.1 Å². The molecular weight excluding hydrogens is 259 g/mol. The third-order valence-corrected chi connectivity index (χ3v) is 3.05. The van der Waals surface area contributed by atoms with Gasteiger partial charge in [-0.2, -0.15) is 4.98 Å². The highest BCUT2D eigenvalue weighted by Gasteiger charge is 2.15. The number of nitrogens with zero attached hydrogens (tertiary/aromatic N) is 2. The molecule has 0 spiro atoms. The van der Waals surface area contributed by atoms with E-state index in [1.807, 2.05) is 13.8 Å². The molecule has 0 saturated heterocycles. The molecule has 0 saturated carbocycles. The first kappa shape index (κ1) is 14.7. The van der Waals surface area contributed by atoms with E-state index in [0.29, 0.717) is 30.5 Å². The van der Waals surface area contributed by atoms with Crippen LogP contribution >= 0.6 is 0 Å². The molecule has 20 heavy (non-hydrogen) atoms. The zero-order valence-electron chi connectivity index (χ0n) is 11.9. The third kappa shape index (κ3) is 3.63. The summed E-state index contributed by atoms with van der Waals surface area (Å²) >= 11 is 0. The summed E-state index contributed by atoms with van der Waals surface area (Å²) < 4.78 is 18.2. The Balaban J connectivity index is 2.12. The van der Waals surface area contributed by atoms with E-state index in [4.69, 9.17) is 4.52 Å². The Morgan fingerprint density at radius 3 is 2.75 bits per heavy atom. The molecule has 1 unspecified atom stereocenters. The van der Waals surface area contributed by atoms with Gasteiger partial charge >= 0.3 is 0 Å². The van der Waals surface area contributed by atoms with Gasteiger partial charge in [0.25, 0.3) is 0 Å². The average molecular weight is 278 g/mol.